The number of hydrogen-bond donors (Lipinski definition) is 2. The maximum Gasteiger partial charge on any atom is 0.0740 e. The van der Waals surface area contributed by atoms with Crippen molar-refractivity contribution >= 4 is 50.8 Å². The Morgan fingerprint density at radius 3 is 2.34 bits per heavy atom. The number of hydrogen-bond acceptors (Lipinski definition) is 3. The van der Waals surface area contributed by atoms with Gasteiger partial charge < -0.3 is 5.32 Å². The van der Waals surface area contributed by atoms with Crippen molar-refractivity contribution in [3.05, 3.63) is 179 Å². The van der Waals surface area contributed by atoms with E-state index >= 15 is 0 Å². The Bertz CT molecular complexity index is 2430. The van der Waals surface area contributed by atoms with Gasteiger partial charge in [-0.25, -0.2) is 0 Å². The van der Waals surface area contributed by atoms with Gasteiger partial charge in [0, 0.05) is 28.4 Å². The van der Waals surface area contributed by atoms with E-state index in [4.69, 9.17) is 4.99 Å². The summed E-state index contributed by atoms with van der Waals surface area (Å²) in [6, 6.07) is 42.2. The third-order valence-corrected chi connectivity index (χ3v) is 11.0. The molecule has 9 rings (SSSR count). The van der Waals surface area contributed by atoms with Crippen LogP contribution in [0.3, 0.4) is 0 Å². The van der Waals surface area contributed by atoms with Gasteiger partial charge in [-0.05, 0) is 82.1 Å². The molecule has 6 aromatic rings. The second kappa shape index (κ2) is 12.1. The number of nitrogens with one attached hydrogen (secondary N) is 2. The topological polar surface area (TPSA) is 36.4 Å². The summed E-state index contributed by atoms with van der Waals surface area (Å²) in [5.41, 5.74) is 11.6. The van der Waals surface area contributed by atoms with Crippen molar-refractivity contribution in [3.63, 3.8) is 0 Å². The van der Waals surface area contributed by atoms with E-state index in [2.05, 4.69) is 183 Å². The molecule has 4 atom stereocenters. The lowest BCUT2D eigenvalue weighted by Crippen LogP contribution is -2.46. The van der Waals surface area contributed by atoms with Gasteiger partial charge in [0.2, 0.25) is 0 Å². The average molecular weight is 648 g/mol. The molecular formula is C47H41N3. The second-order valence-corrected chi connectivity index (χ2v) is 14.2. The number of aryl methyl sites for hydroxylation is 1. The third kappa shape index (κ3) is 5.21. The van der Waals surface area contributed by atoms with E-state index in [-0.39, 0.29) is 17.6 Å². The van der Waals surface area contributed by atoms with Gasteiger partial charge in [-0.1, -0.05) is 147 Å². The Balaban J connectivity index is 1.19. The molecule has 1 aliphatic carbocycles. The monoisotopic (exact) mass is 647 g/mol. The van der Waals surface area contributed by atoms with Crippen LogP contribution >= 0.6 is 0 Å². The van der Waals surface area contributed by atoms with Crippen LogP contribution in [-0.4, -0.2) is 5.71 Å². The lowest BCUT2D eigenvalue weighted by Gasteiger charge is -2.42. The molecule has 0 aromatic heterocycles. The minimum atomic E-state index is -0.387. The van der Waals surface area contributed by atoms with Crippen molar-refractivity contribution in [3.8, 4) is 0 Å². The van der Waals surface area contributed by atoms with Gasteiger partial charge in [-0.3, -0.25) is 10.3 Å². The van der Waals surface area contributed by atoms with Crippen molar-refractivity contribution in [2.24, 2.45) is 10.9 Å². The van der Waals surface area contributed by atoms with E-state index in [1.807, 2.05) is 0 Å². The lowest BCUT2D eigenvalue weighted by atomic mass is 9.76. The SMILES string of the molecule is CCC(=Nc1c(C)ccc2ccccc12)c1cc(C2C=Cc3ccc4ccccc4c3N2)cc(C2(C)C=CC3C=Cc4ccccc4C3N2)c1. The molecule has 2 N–H and O–H groups in total. The molecule has 0 saturated carbocycles. The second-order valence-electron chi connectivity index (χ2n) is 14.2. The van der Waals surface area contributed by atoms with E-state index in [9.17, 15) is 0 Å². The molecule has 3 aliphatic rings. The third-order valence-electron chi connectivity index (χ3n) is 11.0. The number of fused-ring (bicyclic) bond motifs is 7. The van der Waals surface area contributed by atoms with E-state index in [0.717, 1.165) is 23.4 Å². The molecule has 244 valence electrons. The Morgan fingerprint density at radius 1 is 0.740 bits per heavy atom. The highest BCUT2D eigenvalue weighted by atomic mass is 15.0. The Morgan fingerprint density at radius 2 is 1.48 bits per heavy atom. The van der Waals surface area contributed by atoms with Crippen LogP contribution in [-0.2, 0) is 5.54 Å². The minimum absolute atomic E-state index is 0.00617. The molecule has 0 bridgehead atoms. The highest BCUT2D eigenvalue weighted by Gasteiger charge is 2.37. The average Bonchev–Trinajstić information content (AvgIpc) is 3.17. The molecule has 6 aromatic carbocycles. The van der Waals surface area contributed by atoms with Gasteiger partial charge in [0.25, 0.3) is 0 Å². The van der Waals surface area contributed by atoms with Gasteiger partial charge in [0.15, 0.2) is 0 Å². The maximum absolute atomic E-state index is 5.47. The van der Waals surface area contributed by atoms with Crippen LogP contribution in [0.2, 0.25) is 0 Å². The van der Waals surface area contributed by atoms with Crippen molar-refractivity contribution in [1.29, 1.82) is 0 Å². The van der Waals surface area contributed by atoms with Crippen molar-refractivity contribution in [2.75, 3.05) is 5.32 Å². The Kier molecular flexibility index (Phi) is 7.40. The van der Waals surface area contributed by atoms with Crippen LogP contribution < -0.4 is 10.6 Å². The number of rotatable bonds is 5. The van der Waals surface area contributed by atoms with Crippen LogP contribution in [0, 0.1) is 12.8 Å². The zero-order chi connectivity index (χ0) is 33.8. The first-order chi connectivity index (χ1) is 24.5. The van der Waals surface area contributed by atoms with Gasteiger partial charge in [0.05, 0.1) is 23.0 Å². The molecule has 3 heteroatoms. The summed E-state index contributed by atoms with van der Waals surface area (Å²) in [6.07, 6.45) is 14.8. The van der Waals surface area contributed by atoms with Gasteiger partial charge >= 0.3 is 0 Å². The highest BCUT2D eigenvalue weighted by molar-refractivity contribution is 6.05. The molecule has 2 heterocycles. The summed E-state index contributed by atoms with van der Waals surface area (Å²) >= 11 is 0. The molecule has 0 radical (unpaired) electrons. The van der Waals surface area contributed by atoms with Crippen LogP contribution in [0.1, 0.15) is 71.3 Å². The first kappa shape index (κ1) is 30.5. The molecule has 3 nitrogen and oxygen atoms in total. The number of nitrogens with zero attached hydrogens (tertiary/aromatic N) is 1. The van der Waals surface area contributed by atoms with Crippen molar-refractivity contribution in [2.45, 2.75) is 44.8 Å². The molecule has 0 fully saturated rings. The Labute approximate surface area is 294 Å². The van der Waals surface area contributed by atoms with Gasteiger partial charge in [0.1, 0.15) is 0 Å². The van der Waals surface area contributed by atoms with E-state index in [1.54, 1.807) is 0 Å². The predicted molar refractivity (Wildman–Crippen MR) is 212 cm³/mol. The Hall–Kier alpha value is -5.51. The summed E-state index contributed by atoms with van der Waals surface area (Å²) in [7, 11) is 0. The first-order valence-corrected chi connectivity index (χ1v) is 17.9. The van der Waals surface area contributed by atoms with Gasteiger partial charge in [-0.2, -0.15) is 0 Å². The molecule has 0 amide bonds. The fourth-order valence-corrected chi connectivity index (χ4v) is 8.16. The zero-order valence-electron chi connectivity index (χ0n) is 28.8. The van der Waals surface area contributed by atoms with Crippen molar-refractivity contribution < 1.29 is 0 Å². The lowest BCUT2D eigenvalue weighted by molar-refractivity contribution is 0.327. The number of anilines is 1. The molecule has 2 aliphatic heterocycles. The summed E-state index contributed by atoms with van der Waals surface area (Å²) in [5.74, 6) is 0.315. The summed E-state index contributed by atoms with van der Waals surface area (Å²) in [5, 5.41) is 13.0. The van der Waals surface area contributed by atoms with Crippen LogP contribution in [0.15, 0.2) is 145 Å². The normalized spacial score (nSPS) is 22.2. The number of benzene rings is 6. The molecule has 50 heavy (non-hydrogen) atoms. The quantitative estimate of drug-likeness (QED) is 0.144. The van der Waals surface area contributed by atoms with E-state index < -0.39 is 0 Å². The largest absolute Gasteiger partial charge is 0.374 e. The van der Waals surface area contributed by atoms with E-state index in [0.29, 0.717) is 5.92 Å². The summed E-state index contributed by atoms with van der Waals surface area (Å²) < 4.78 is 0. The smallest absolute Gasteiger partial charge is 0.0740 e. The fourth-order valence-electron chi connectivity index (χ4n) is 8.16. The standard InChI is InChI=1S/C47H41N3/c1-4-42(48-44-30(2)17-18-31-11-5-8-14-39(31)44)36-27-37(43-24-23-34-21-19-32-12-6-9-15-40(32)45(34)49-43)29-38(28-36)47(3)26-25-35-22-20-33-13-7-10-16-41(33)46(35)50-47/h5-29,35,43,46,49-50H,4H2,1-3H3. The zero-order valence-corrected chi connectivity index (χ0v) is 28.8. The molecule has 0 saturated heterocycles. The highest BCUT2D eigenvalue weighted by Crippen LogP contribution is 2.43. The van der Waals surface area contributed by atoms with Crippen molar-refractivity contribution in [1.82, 2.24) is 5.32 Å². The molecule has 0 spiro atoms. The molecule has 4 unspecified atom stereocenters. The summed E-state index contributed by atoms with van der Waals surface area (Å²) in [4.78, 5) is 5.47. The molecular weight excluding hydrogens is 607 g/mol. The summed E-state index contributed by atoms with van der Waals surface area (Å²) in [6.45, 7) is 6.72. The first-order valence-electron chi connectivity index (χ1n) is 17.9. The van der Waals surface area contributed by atoms with E-state index in [1.165, 1.54) is 60.6 Å². The van der Waals surface area contributed by atoms with Crippen LogP contribution in [0.5, 0.6) is 0 Å². The number of aliphatic imine (C=N–C) groups is 1. The van der Waals surface area contributed by atoms with Crippen LogP contribution in [0.4, 0.5) is 11.4 Å². The maximum atomic E-state index is 5.47. The van der Waals surface area contributed by atoms with Crippen LogP contribution in [0.25, 0.3) is 33.7 Å². The minimum Gasteiger partial charge on any atom is -0.374 e. The predicted octanol–water partition coefficient (Wildman–Crippen LogP) is 11.8. The van der Waals surface area contributed by atoms with Gasteiger partial charge in [-0.15, -0.1) is 0 Å². The fraction of sp³-hybridized carbons (Fsp3) is 0.170.